The summed E-state index contributed by atoms with van der Waals surface area (Å²) < 4.78 is 27.9. The molecule has 250 valence electrons. The van der Waals surface area contributed by atoms with Crippen LogP contribution in [0, 0.1) is 5.82 Å². The molecular formula is C46H37FO2P2. The fourth-order valence-corrected chi connectivity index (χ4v) is 12.7. The van der Waals surface area contributed by atoms with Gasteiger partial charge in [0.25, 0.3) is 0 Å². The summed E-state index contributed by atoms with van der Waals surface area (Å²) in [6.07, 6.45) is 0. The summed E-state index contributed by atoms with van der Waals surface area (Å²) >= 11 is 0. The highest BCUT2D eigenvalue weighted by molar-refractivity contribution is 7.85. The minimum atomic E-state index is -1.13. The highest BCUT2D eigenvalue weighted by Gasteiger charge is 2.42. The van der Waals surface area contributed by atoms with Gasteiger partial charge < -0.3 is 9.47 Å². The van der Waals surface area contributed by atoms with Crippen molar-refractivity contribution in [2.45, 2.75) is 25.9 Å². The molecule has 0 N–H and O–H groups in total. The van der Waals surface area contributed by atoms with Gasteiger partial charge in [-0.1, -0.05) is 166 Å². The molecule has 7 aromatic carbocycles. The fraction of sp³-hybridized carbons (Fsp3) is 0.0870. The standard InChI is InChI=1S/C46H37FO2P2/c1-46(2)39-25-15-16-26-40(39)49-41-31-42(48-32-33-27-29-34(47)30-28-33)44(50(35-17-7-3-8-18-35)36-19-9-4-10-20-36)45(43(41)46)51(37-21-11-5-12-22-37)38-23-13-6-14-24-38/h3-31H,32H2,1-2H3. The number of halogens is 1. The Hall–Kier alpha value is -5.07. The molecule has 0 atom stereocenters. The summed E-state index contributed by atoms with van der Waals surface area (Å²) in [6.45, 7) is 4.94. The molecule has 2 nitrogen and oxygen atoms in total. The van der Waals surface area contributed by atoms with Gasteiger partial charge >= 0.3 is 0 Å². The van der Waals surface area contributed by atoms with E-state index in [0.717, 1.165) is 28.4 Å². The van der Waals surface area contributed by atoms with Crippen molar-refractivity contribution < 1.29 is 13.9 Å². The molecule has 1 aliphatic heterocycles. The molecular weight excluding hydrogens is 665 g/mol. The van der Waals surface area contributed by atoms with E-state index < -0.39 is 21.3 Å². The summed E-state index contributed by atoms with van der Waals surface area (Å²) in [7, 11) is -2.26. The Kier molecular flexibility index (Phi) is 9.26. The lowest BCUT2D eigenvalue weighted by atomic mass is 9.75. The maximum absolute atomic E-state index is 14.0. The predicted octanol–water partition coefficient (Wildman–Crippen LogP) is 9.35. The van der Waals surface area contributed by atoms with Crippen LogP contribution in [0.5, 0.6) is 17.2 Å². The molecule has 7 aromatic rings. The van der Waals surface area contributed by atoms with Crippen molar-refractivity contribution in [3.63, 3.8) is 0 Å². The van der Waals surface area contributed by atoms with Gasteiger partial charge in [0.1, 0.15) is 29.7 Å². The quantitative estimate of drug-likeness (QED) is 0.140. The third kappa shape index (κ3) is 6.49. The second kappa shape index (κ2) is 14.3. The summed E-state index contributed by atoms with van der Waals surface area (Å²) in [4.78, 5) is 0. The van der Waals surface area contributed by atoms with Gasteiger partial charge in [-0.05, 0) is 60.8 Å². The van der Waals surface area contributed by atoms with Crippen LogP contribution >= 0.6 is 15.8 Å². The minimum Gasteiger partial charge on any atom is -0.488 e. The molecule has 0 aliphatic carbocycles. The first-order valence-electron chi connectivity index (χ1n) is 17.2. The molecule has 0 unspecified atom stereocenters. The van der Waals surface area contributed by atoms with Crippen LogP contribution < -0.4 is 41.3 Å². The average Bonchev–Trinajstić information content (AvgIpc) is 3.17. The molecule has 8 rings (SSSR count). The second-order valence-corrected chi connectivity index (χ2v) is 17.4. The Morgan fingerprint density at radius 1 is 0.529 bits per heavy atom. The summed E-state index contributed by atoms with van der Waals surface area (Å²) in [6, 6.07) is 60.6. The summed E-state index contributed by atoms with van der Waals surface area (Å²) in [5.74, 6) is 2.18. The zero-order valence-electron chi connectivity index (χ0n) is 28.5. The molecule has 0 saturated heterocycles. The van der Waals surface area contributed by atoms with Crippen LogP contribution in [0.2, 0.25) is 0 Å². The van der Waals surface area contributed by atoms with Gasteiger partial charge in [0.15, 0.2) is 0 Å². The van der Waals surface area contributed by atoms with Crippen LogP contribution in [0.25, 0.3) is 0 Å². The van der Waals surface area contributed by atoms with Crippen LogP contribution in [0.3, 0.4) is 0 Å². The normalized spacial score (nSPS) is 13.0. The zero-order valence-corrected chi connectivity index (χ0v) is 30.3. The molecule has 0 radical (unpaired) electrons. The first-order valence-corrected chi connectivity index (χ1v) is 19.8. The molecule has 5 heteroatoms. The highest BCUT2D eigenvalue weighted by atomic mass is 31.1. The number of ether oxygens (including phenoxy) is 2. The maximum Gasteiger partial charge on any atom is 0.135 e. The van der Waals surface area contributed by atoms with E-state index in [2.05, 4.69) is 159 Å². The molecule has 51 heavy (non-hydrogen) atoms. The molecule has 0 bridgehead atoms. The number of hydrogen-bond donors (Lipinski definition) is 0. The second-order valence-electron chi connectivity index (χ2n) is 13.1. The van der Waals surface area contributed by atoms with Crippen LogP contribution in [0.1, 0.15) is 30.5 Å². The van der Waals surface area contributed by atoms with Crippen LogP contribution in [0.15, 0.2) is 176 Å². The number of benzene rings is 7. The lowest BCUT2D eigenvalue weighted by Crippen LogP contribution is -2.42. The van der Waals surface area contributed by atoms with Gasteiger partial charge in [0.2, 0.25) is 0 Å². The Labute approximate surface area is 302 Å². The van der Waals surface area contributed by atoms with E-state index in [4.69, 9.17) is 9.47 Å². The van der Waals surface area contributed by atoms with Gasteiger partial charge in [-0.3, -0.25) is 0 Å². The third-order valence-corrected chi connectivity index (χ3v) is 14.6. The number of para-hydroxylation sites is 1. The monoisotopic (exact) mass is 702 g/mol. The molecule has 1 aliphatic rings. The maximum atomic E-state index is 14.0. The van der Waals surface area contributed by atoms with Crippen LogP contribution in [0.4, 0.5) is 4.39 Å². The van der Waals surface area contributed by atoms with E-state index in [1.54, 1.807) is 12.1 Å². The number of fused-ring (bicyclic) bond motifs is 2. The van der Waals surface area contributed by atoms with E-state index in [0.29, 0.717) is 0 Å². The molecule has 0 fully saturated rings. The van der Waals surface area contributed by atoms with Crippen molar-refractivity contribution in [1.82, 2.24) is 0 Å². The van der Waals surface area contributed by atoms with Crippen LogP contribution in [-0.2, 0) is 12.0 Å². The lowest BCUT2D eigenvalue weighted by molar-refractivity contribution is 0.306. The minimum absolute atomic E-state index is 0.266. The summed E-state index contributed by atoms with van der Waals surface area (Å²) in [5, 5.41) is 7.41. The van der Waals surface area contributed by atoms with Gasteiger partial charge in [0.05, 0.1) is 0 Å². The van der Waals surface area contributed by atoms with Crippen molar-refractivity contribution in [2.75, 3.05) is 0 Å². The van der Waals surface area contributed by atoms with Gasteiger partial charge in [-0.2, -0.15) is 0 Å². The zero-order chi connectivity index (χ0) is 34.8. The Morgan fingerprint density at radius 3 is 1.49 bits per heavy atom. The number of rotatable bonds is 9. The Bertz CT molecular complexity index is 2180. The van der Waals surface area contributed by atoms with Gasteiger partial charge in [0, 0.05) is 33.2 Å². The van der Waals surface area contributed by atoms with Crippen molar-refractivity contribution in [1.29, 1.82) is 0 Å². The first kappa shape index (κ1) is 33.1. The predicted molar refractivity (Wildman–Crippen MR) is 213 cm³/mol. The highest BCUT2D eigenvalue weighted by Crippen LogP contribution is 2.53. The molecule has 1 heterocycles. The van der Waals surface area contributed by atoms with E-state index in [9.17, 15) is 4.39 Å². The Morgan fingerprint density at radius 2 is 0.980 bits per heavy atom. The van der Waals surface area contributed by atoms with E-state index in [1.165, 1.54) is 49.5 Å². The van der Waals surface area contributed by atoms with Crippen molar-refractivity contribution >= 4 is 47.7 Å². The third-order valence-electron chi connectivity index (χ3n) is 9.42. The molecule has 0 saturated carbocycles. The SMILES string of the molecule is CC1(C)c2ccccc2Oc2cc(OCc3ccc(F)cc3)c(P(c3ccccc3)c3ccccc3)c(P(c3ccccc3)c3ccccc3)c21. The topological polar surface area (TPSA) is 18.5 Å². The fourth-order valence-electron chi connectivity index (χ4n) is 7.03. The van der Waals surface area contributed by atoms with E-state index in [1.807, 2.05) is 6.07 Å². The lowest BCUT2D eigenvalue weighted by Gasteiger charge is -2.40. The average molecular weight is 703 g/mol. The van der Waals surface area contributed by atoms with Crippen molar-refractivity contribution in [2.24, 2.45) is 0 Å². The summed E-state index contributed by atoms with van der Waals surface area (Å²) in [5.41, 5.74) is 2.83. The smallest absolute Gasteiger partial charge is 0.135 e. The van der Waals surface area contributed by atoms with E-state index in [-0.39, 0.29) is 12.4 Å². The first-order chi connectivity index (χ1) is 25.0. The number of hydrogen-bond acceptors (Lipinski definition) is 2. The van der Waals surface area contributed by atoms with Crippen molar-refractivity contribution in [3.8, 4) is 17.2 Å². The van der Waals surface area contributed by atoms with Gasteiger partial charge in [-0.15, -0.1) is 0 Å². The molecule has 0 aromatic heterocycles. The van der Waals surface area contributed by atoms with Crippen LogP contribution in [-0.4, -0.2) is 0 Å². The molecule has 0 spiro atoms. The van der Waals surface area contributed by atoms with Crippen molar-refractivity contribution in [3.05, 3.63) is 198 Å². The largest absolute Gasteiger partial charge is 0.488 e. The Balaban J connectivity index is 1.51. The molecule has 0 amide bonds. The van der Waals surface area contributed by atoms with Gasteiger partial charge in [-0.25, -0.2) is 4.39 Å². The van der Waals surface area contributed by atoms with E-state index >= 15 is 0 Å².